The summed E-state index contributed by atoms with van der Waals surface area (Å²) in [5.74, 6) is 0.337. The molecule has 0 saturated carbocycles. The molecule has 2 atom stereocenters. The molecule has 2 aromatic rings. The maximum absolute atomic E-state index is 13.2. The number of halogens is 1. The lowest BCUT2D eigenvalue weighted by Gasteiger charge is -2.30. The van der Waals surface area contributed by atoms with Gasteiger partial charge in [-0.2, -0.15) is 0 Å². The van der Waals surface area contributed by atoms with Crippen LogP contribution in [-0.2, 0) is 17.7 Å². The molecule has 1 amide bonds. The van der Waals surface area contributed by atoms with Gasteiger partial charge < -0.3 is 19.4 Å². The van der Waals surface area contributed by atoms with Crippen molar-refractivity contribution in [2.24, 2.45) is 0 Å². The molecule has 1 saturated heterocycles. The third-order valence-corrected chi connectivity index (χ3v) is 6.15. The fourth-order valence-corrected chi connectivity index (χ4v) is 4.40. The molecule has 6 nitrogen and oxygen atoms in total. The van der Waals surface area contributed by atoms with Crippen LogP contribution in [0.5, 0.6) is 5.75 Å². The Labute approximate surface area is 174 Å². The lowest BCUT2D eigenvalue weighted by atomic mass is 9.97. The minimum absolute atomic E-state index is 0.00876. The lowest BCUT2D eigenvalue weighted by Crippen LogP contribution is -2.39. The first-order chi connectivity index (χ1) is 13.8. The van der Waals surface area contributed by atoms with Crippen LogP contribution in [0, 0.1) is 13.8 Å². The average molecular weight is 417 g/mol. The number of hydrogen-bond donors (Lipinski definition) is 1. The van der Waals surface area contributed by atoms with E-state index in [1.54, 1.807) is 4.90 Å². The van der Waals surface area contributed by atoms with E-state index >= 15 is 0 Å². The molecular weight excluding hydrogens is 392 g/mol. The fraction of sp³-hybridized carbons (Fsp3) is 0.455. The summed E-state index contributed by atoms with van der Waals surface area (Å²) < 4.78 is 11.6. The first kappa shape index (κ1) is 20.0. The predicted octanol–water partition coefficient (Wildman–Crippen LogP) is 3.40. The van der Waals surface area contributed by atoms with E-state index in [0.29, 0.717) is 41.5 Å². The molecule has 1 aromatic carbocycles. The highest BCUT2D eigenvalue weighted by Crippen LogP contribution is 2.36. The molecule has 2 aliphatic heterocycles. The number of aryl methyl sites for hydroxylation is 2. The summed E-state index contributed by atoms with van der Waals surface area (Å²) in [5.41, 5.74) is 3.52. The van der Waals surface area contributed by atoms with Crippen molar-refractivity contribution < 1.29 is 14.3 Å². The van der Waals surface area contributed by atoms with Gasteiger partial charge in [-0.1, -0.05) is 17.7 Å². The molecule has 154 valence electrons. The van der Waals surface area contributed by atoms with E-state index in [1.807, 2.05) is 39.0 Å². The minimum Gasteiger partial charge on any atom is -0.486 e. The highest BCUT2D eigenvalue weighted by Gasteiger charge is 2.31. The highest BCUT2D eigenvalue weighted by molar-refractivity contribution is 6.35. The number of hydrogen-bond acceptors (Lipinski definition) is 4. The second-order valence-electron chi connectivity index (χ2n) is 7.85. The lowest BCUT2D eigenvalue weighted by molar-refractivity contribution is 0.0668. The van der Waals surface area contributed by atoms with Crippen molar-refractivity contribution in [1.29, 1.82) is 0 Å². The van der Waals surface area contributed by atoms with Gasteiger partial charge in [-0.25, -0.2) is 0 Å². The topological polar surface area (TPSA) is 71.6 Å². The molecule has 0 spiro atoms. The molecule has 1 N–H and O–H groups in total. The summed E-state index contributed by atoms with van der Waals surface area (Å²) in [6, 6.07) is 5.67. The van der Waals surface area contributed by atoms with E-state index in [1.165, 1.54) is 0 Å². The number of carbonyl (C=O) groups is 1. The number of pyridine rings is 1. The number of aromatic amines is 1. The van der Waals surface area contributed by atoms with Crippen LogP contribution in [0.3, 0.4) is 0 Å². The van der Waals surface area contributed by atoms with Crippen LogP contribution in [0.4, 0.5) is 0 Å². The second-order valence-corrected chi connectivity index (χ2v) is 8.23. The zero-order valence-electron chi connectivity index (χ0n) is 16.9. The van der Waals surface area contributed by atoms with Crippen LogP contribution >= 0.6 is 11.6 Å². The van der Waals surface area contributed by atoms with Crippen molar-refractivity contribution in [1.82, 2.24) is 9.88 Å². The normalized spacial score (nSPS) is 21.4. The number of nitrogens with zero attached hydrogens (tertiary/aromatic N) is 1. The van der Waals surface area contributed by atoms with E-state index in [-0.39, 0.29) is 30.2 Å². The number of amides is 1. The highest BCUT2D eigenvalue weighted by atomic mass is 35.5. The van der Waals surface area contributed by atoms with Crippen LogP contribution < -0.4 is 10.3 Å². The summed E-state index contributed by atoms with van der Waals surface area (Å²) >= 11 is 6.62. The minimum atomic E-state index is -0.170. The van der Waals surface area contributed by atoms with Crippen LogP contribution in [0.25, 0.3) is 0 Å². The van der Waals surface area contributed by atoms with Crippen molar-refractivity contribution in [3.05, 3.63) is 61.5 Å². The first-order valence-corrected chi connectivity index (χ1v) is 10.3. The molecule has 1 aromatic heterocycles. The smallest absolute Gasteiger partial charge is 0.256 e. The van der Waals surface area contributed by atoms with E-state index in [9.17, 15) is 9.59 Å². The Balaban J connectivity index is 1.61. The second kappa shape index (κ2) is 7.84. The number of fused-ring (bicyclic) bond motifs is 1. The maximum atomic E-state index is 13.2. The van der Waals surface area contributed by atoms with Crippen molar-refractivity contribution in [3.63, 3.8) is 0 Å². The number of ether oxygens (including phenoxy) is 2. The van der Waals surface area contributed by atoms with Crippen molar-refractivity contribution in [3.8, 4) is 5.75 Å². The molecule has 4 rings (SSSR count). The monoisotopic (exact) mass is 416 g/mol. The molecule has 0 unspecified atom stereocenters. The number of aromatic nitrogens is 1. The van der Waals surface area contributed by atoms with Crippen molar-refractivity contribution >= 4 is 17.5 Å². The zero-order chi connectivity index (χ0) is 20.7. The molecular formula is C22H25ClN2O4. The summed E-state index contributed by atoms with van der Waals surface area (Å²) in [4.78, 5) is 30.1. The average Bonchev–Trinajstić information content (AvgIpc) is 3.06. The quantitative estimate of drug-likeness (QED) is 0.829. The van der Waals surface area contributed by atoms with Gasteiger partial charge in [0.2, 0.25) is 0 Å². The molecule has 0 radical (unpaired) electrons. The number of carbonyl (C=O) groups excluding carboxylic acids is 1. The first-order valence-electron chi connectivity index (χ1n) is 9.93. The van der Waals surface area contributed by atoms with Crippen LogP contribution in [-0.4, -0.2) is 41.2 Å². The van der Waals surface area contributed by atoms with Gasteiger partial charge in [0.1, 0.15) is 11.9 Å². The number of H-pyrrole nitrogens is 1. The molecule has 7 heteroatoms. The molecule has 0 bridgehead atoms. The van der Waals surface area contributed by atoms with E-state index in [0.717, 1.165) is 23.2 Å². The van der Waals surface area contributed by atoms with Gasteiger partial charge in [-0.05, 0) is 50.5 Å². The molecule has 0 aliphatic carbocycles. The van der Waals surface area contributed by atoms with Gasteiger partial charge in [0, 0.05) is 24.2 Å². The Morgan fingerprint density at radius 2 is 2.10 bits per heavy atom. The SMILES string of the molecule is Cc1cc(C)c(CN2CCc3ccc(O[C@H]4CCO[C@H]4C)c(Cl)c3C2=O)c(=O)[nH]1. The Morgan fingerprint density at radius 1 is 1.31 bits per heavy atom. The molecule has 29 heavy (non-hydrogen) atoms. The molecule has 2 aliphatic rings. The summed E-state index contributed by atoms with van der Waals surface area (Å²) in [6.07, 6.45) is 1.40. The van der Waals surface area contributed by atoms with Gasteiger partial charge in [0.15, 0.2) is 0 Å². The van der Waals surface area contributed by atoms with Crippen LogP contribution in [0.2, 0.25) is 5.02 Å². The van der Waals surface area contributed by atoms with Crippen molar-refractivity contribution in [2.75, 3.05) is 13.2 Å². The Bertz CT molecular complexity index is 1020. The van der Waals surface area contributed by atoms with E-state index < -0.39 is 0 Å². The fourth-order valence-electron chi connectivity index (χ4n) is 4.09. The van der Waals surface area contributed by atoms with Crippen LogP contribution in [0.15, 0.2) is 23.0 Å². The van der Waals surface area contributed by atoms with Gasteiger partial charge in [-0.15, -0.1) is 0 Å². The Hall–Kier alpha value is -2.31. The zero-order valence-corrected chi connectivity index (χ0v) is 17.6. The van der Waals surface area contributed by atoms with Gasteiger partial charge in [0.25, 0.3) is 11.5 Å². The number of nitrogens with one attached hydrogen (secondary N) is 1. The van der Waals surface area contributed by atoms with Crippen molar-refractivity contribution in [2.45, 2.75) is 52.4 Å². The predicted molar refractivity (Wildman–Crippen MR) is 111 cm³/mol. The molecule has 3 heterocycles. The summed E-state index contributed by atoms with van der Waals surface area (Å²) in [7, 11) is 0. The van der Waals surface area contributed by atoms with E-state index in [2.05, 4.69) is 4.98 Å². The van der Waals surface area contributed by atoms with Crippen LogP contribution in [0.1, 0.15) is 46.1 Å². The maximum Gasteiger partial charge on any atom is 0.256 e. The Kier molecular flexibility index (Phi) is 5.40. The summed E-state index contributed by atoms with van der Waals surface area (Å²) in [5, 5.41) is 0.339. The third kappa shape index (κ3) is 3.79. The number of benzene rings is 1. The number of rotatable bonds is 4. The van der Waals surface area contributed by atoms with Gasteiger partial charge in [0.05, 0.1) is 29.8 Å². The van der Waals surface area contributed by atoms with E-state index in [4.69, 9.17) is 21.1 Å². The van der Waals surface area contributed by atoms with Gasteiger partial charge in [-0.3, -0.25) is 9.59 Å². The summed E-state index contributed by atoms with van der Waals surface area (Å²) in [6.45, 7) is 7.17. The Morgan fingerprint density at radius 3 is 2.79 bits per heavy atom. The molecule has 1 fully saturated rings. The standard InChI is InChI=1S/C22H25ClN2O4/c1-12-10-13(2)24-21(26)16(12)11-25-8-6-15-4-5-18(20(23)19(15)22(25)27)29-17-7-9-28-14(17)3/h4-5,10,14,17H,6-9,11H2,1-3H3,(H,24,26)/t14-,17-/m0/s1. The largest absolute Gasteiger partial charge is 0.486 e. The van der Waals surface area contributed by atoms with Gasteiger partial charge >= 0.3 is 0 Å². The third-order valence-electron chi connectivity index (χ3n) is 5.77.